The van der Waals surface area contributed by atoms with Gasteiger partial charge < -0.3 is 15.0 Å². The third kappa shape index (κ3) is 2.86. The number of aliphatic carboxylic acids is 1. The number of nitrogens with zero attached hydrogens (tertiary/aromatic N) is 3. The van der Waals surface area contributed by atoms with Crippen LogP contribution in [-0.2, 0) is 18.4 Å². The maximum Gasteiger partial charge on any atom is 0.323 e. The number of rotatable bonds is 5. The van der Waals surface area contributed by atoms with Crippen LogP contribution in [0.1, 0.15) is 31.5 Å². The highest BCUT2D eigenvalue weighted by molar-refractivity contribution is 5.79. The zero-order chi connectivity index (χ0) is 14.8. The number of imidazole rings is 1. The Morgan fingerprint density at radius 3 is 3.00 bits per heavy atom. The predicted molar refractivity (Wildman–Crippen MR) is 76.4 cm³/mol. The third-order valence-electron chi connectivity index (χ3n) is 4.55. The van der Waals surface area contributed by atoms with E-state index >= 15 is 0 Å². The monoisotopic (exact) mass is 280 g/mol. The van der Waals surface area contributed by atoms with Crippen LogP contribution in [0.5, 0.6) is 0 Å². The minimum absolute atomic E-state index is 0.268. The molecule has 1 heterocycles. The highest BCUT2D eigenvalue weighted by atomic mass is 16.4. The maximum atomic E-state index is 11.5. The van der Waals surface area contributed by atoms with E-state index in [9.17, 15) is 9.90 Å². The zero-order valence-electron chi connectivity index (χ0n) is 12.5. The van der Waals surface area contributed by atoms with Crippen molar-refractivity contribution < 1.29 is 9.90 Å². The van der Waals surface area contributed by atoms with E-state index < -0.39 is 11.5 Å². The van der Waals surface area contributed by atoms with Gasteiger partial charge in [-0.05, 0) is 39.8 Å². The minimum atomic E-state index is -0.779. The second kappa shape index (κ2) is 5.93. The maximum absolute atomic E-state index is 11.5. The van der Waals surface area contributed by atoms with Crippen molar-refractivity contribution in [2.24, 2.45) is 7.05 Å². The SMILES string of the molecule is CNC1(C(=O)O)CCCC(N(C)Cc2nccn2C)C1. The van der Waals surface area contributed by atoms with Crippen LogP contribution in [0.3, 0.4) is 0 Å². The molecule has 20 heavy (non-hydrogen) atoms. The van der Waals surface area contributed by atoms with Gasteiger partial charge in [-0.1, -0.05) is 0 Å². The highest BCUT2D eigenvalue weighted by Gasteiger charge is 2.42. The number of carboxylic acid groups (broad SMARTS) is 1. The van der Waals surface area contributed by atoms with Gasteiger partial charge in [-0.3, -0.25) is 9.69 Å². The number of carbonyl (C=O) groups is 1. The van der Waals surface area contributed by atoms with Gasteiger partial charge in [0.25, 0.3) is 0 Å². The van der Waals surface area contributed by atoms with E-state index in [-0.39, 0.29) is 6.04 Å². The first-order valence-corrected chi connectivity index (χ1v) is 7.07. The molecule has 2 unspecified atom stereocenters. The number of likely N-dealkylation sites (N-methyl/N-ethyl adjacent to an activating group) is 1. The quantitative estimate of drug-likeness (QED) is 0.836. The molecule has 0 saturated heterocycles. The van der Waals surface area contributed by atoms with E-state index in [2.05, 4.69) is 15.2 Å². The number of hydrogen-bond donors (Lipinski definition) is 2. The van der Waals surface area contributed by atoms with Gasteiger partial charge in [0, 0.05) is 25.5 Å². The zero-order valence-corrected chi connectivity index (χ0v) is 12.5. The van der Waals surface area contributed by atoms with Crippen molar-refractivity contribution in [1.29, 1.82) is 0 Å². The molecule has 6 nitrogen and oxygen atoms in total. The molecule has 1 fully saturated rings. The molecular weight excluding hydrogens is 256 g/mol. The fourth-order valence-electron chi connectivity index (χ4n) is 3.05. The Morgan fingerprint density at radius 1 is 1.70 bits per heavy atom. The molecule has 1 aliphatic rings. The molecule has 0 bridgehead atoms. The van der Waals surface area contributed by atoms with Crippen LogP contribution in [0.2, 0.25) is 0 Å². The Labute approximate surface area is 119 Å². The molecular formula is C14H24N4O2. The van der Waals surface area contributed by atoms with Crippen molar-refractivity contribution in [2.75, 3.05) is 14.1 Å². The van der Waals surface area contributed by atoms with E-state index in [0.717, 1.165) is 25.2 Å². The van der Waals surface area contributed by atoms with Gasteiger partial charge >= 0.3 is 5.97 Å². The molecule has 112 valence electrons. The van der Waals surface area contributed by atoms with Gasteiger partial charge in [0.05, 0.1) is 6.54 Å². The second-order valence-corrected chi connectivity index (χ2v) is 5.76. The Bertz CT molecular complexity index is 473. The van der Waals surface area contributed by atoms with Gasteiger partial charge in [-0.15, -0.1) is 0 Å². The van der Waals surface area contributed by atoms with Gasteiger partial charge in [-0.25, -0.2) is 4.98 Å². The fourth-order valence-corrected chi connectivity index (χ4v) is 3.05. The first-order valence-electron chi connectivity index (χ1n) is 7.07. The smallest absolute Gasteiger partial charge is 0.323 e. The van der Waals surface area contributed by atoms with E-state index in [1.54, 1.807) is 13.2 Å². The van der Waals surface area contributed by atoms with E-state index in [4.69, 9.17) is 0 Å². The number of aromatic nitrogens is 2. The van der Waals surface area contributed by atoms with Crippen molar-refractivity contribution in [1.82, 2.24) is 19.8 Å². The van der Waals surface area contributed by atoms with Crippen molar-refractivity contribution in [2.45, 2.75) is 43.8 Å². The molecule has 0 amide bonds. The molecule has 0 aromatic carbocycles. The summed E-state index contributed by atoms with van der Waals surface area (Å²) in [5, 5.41) is 12.5. The molecule has 1 saturated carbocycles. The number of hydrogen-bond acceptors (Lipinski definition) is 4. The fraction of sp³-hybridized carbons (Fsp3) is 0.714. The summed E-state index contributed by atoms with van der Waals surface area (Å²) >= 11 is 0. The number of aryl methyl sites for hydroxylation is 1. The molecule has 0 spiro atoms. The normalized spacial score (nSPS) is 26.9. The molecule has 0 radical (unpaired) electrons. The molecule has 1 aliphatic carbocycles. The van der Waals surface area contributed by atoms with Crippen LogP contribution in [0.15, 0.2) is 12.4 Å². The summed E-state index contributed by atoms with van der Waals surface area (Å²) in [6, 6.07) is 0.268. The average Bonchev–Trinajstić information content (AvgIpc) is 2.84. The lowest BCUT2D eigenvalue weighted by Gasteiger charge is -2.41. The van der Waals surface area contributed by atoms with Crippen LogP contribution in [0, 0.1) is 0 Å². The van der Waals surface area contributed by atoms with Gasteiger partial charge in [0.1, 0.15) is 11.4 Å². The van der Waals surface area contributed by atoms with Crippen LogP contribution < -0.4 is 5.32 Å². The van der Waals surface area contributed by atoms with Gasteiger partial charge in [0.2, 0.25) is 0 Å². The summed E-state index contributed by atoms with van der Waals surface area (Å²) in [5.41, 5.74) is -0.779. The summed E-state index contributed by atoms with van der Waals surface area (Å²) in [6.07, 6.45) is 7.03. The number of carboxylic acids is 1. The first-order chi connectivity index (χ1) is 9.48. The predicted octanol–water partition coefficient (Wildman–Crippen LogP) is 0.837. The molecule has 6 heteroatoms. The Hall–Kier alpha value is -1.40. The van der Waals surface area contributed by atoms with Crippen molar-refractivity contribution >= 4 is 5.97 Å². The summed E-state index contributed by atoms with van der Waals surface area (Å²) in [4.78, 5) is 18.1. The Balaban J connectivity index is 2.05. The largest absolute Gasteiger partial charge is 0.480 e. The topological polar surface area (TPSA) is 70.4 Å². The molecule has 0 aliphatic heterocycles. The van der Waals surface area contributed by atoms with Crippen molar-refractivity contribution in [3.63, 3.8) is 0 Å². The van der Waals surface area contributed by atoms with Gasteiger partial charge in [0.15, 0.2) is 0 Å². The second-order valence-electron chi connectivity index (χ2n) is 5.76. The van der Waals surface area contributed by atoms with E-state index in [1.807, 2.05) is 24.9 Å². The summed E-state index contributed by atoms with van der Waals surface area (Å²) in [5.74, 6) is 0.263. The van der Waals surface area contributed by atoms with Crippen LogP contribution in [-0.4, -0.2) is 51.2 Å². The van der Waals surface area contributed by atoms with Crippen molar-refractivity contribution in [3.05, 3.63) is 18.2 Å². The van der Waals surface area contributed by atoms with E-state index in [1.165, 1.54) is 0 Å². The Morgan fingerprint density at radius 2 is 2.45 bits per heavy atom. The van der Waals surface area contributed by atoms with E-state index in [0.29, 0.717) is 12.8 Å². The molecule has 2 N–H and O–H groups in total. The Kier molecular flexibility index (Phi) is 4.45. The van der Waals surface area contributed by atoms with Crippen LogP contribution in [0.25, 0.3) is 0 Å². The summed E-state index contributed by atoms with van der Waals surface area (Å²) in [7, 11) is 5.77. The standard InChI is InChI=1S/C14H24N4O2/c1-15-14(13(19)20)6-4-5-11(9-14)18(3)10-12-16-7-8-17(12)2/h7-8,11,15H,4-6,9-10H2,1-3H3,(H,19,20). The summed E-state index contributed by atoms with van der Waals surface area (Å²) in [6.45, 7) is 0.744. The first kappa shape index (κ1) is 15.0. The molecule has 1 aromatic rings. The lowest BCUT2D eigenvalue weighted by molar-refractivity contribution is -0.147. The van der Waals surface area contributed by atoms with Crippen molar-refractivity contribution in [3.8, 4) is 0 Å². The molecule has 1 aromatic heterocycles. The molecule has 2 atom stereocenters. The lowest BCUT2D eigenvalue weighted by Crippen LogP contribution is -2.56. The minimum Gasteiger partial charge on any atom is -0.480 e. The highest BCUT2D eigenvalue weighted by Crippen LogP contribution is 2.31. The summed E-state index contributed by atoms with van der Waals surface area (Å²) < 4.78 is 2.00. The molecule has 2 rings (SSSR count). The third-order valence-corrected chi connectivity index (χ3v) is 4.55. The van der Waals surface area contributed by atoms with Crippen LogP contribution >= 0.6 is 0 Å². The van der Waals surface area contributed by atoms with Gasteiger partial charge in [-0.2, -0.15) is 0 Å². The average molecular weight is 280 g/mol. The van der Waals surface area contributed by atoms with Crippen LogP contribution in [0.4, 0.5) is 0 Å². The lowest BCUT2D eigenvalue weighted by atomic mass is 9.78. The number of nitrogens with one attached hydrogen (secondary N) is 1.